The van der Waals surface area contributed by atoms with Crippen LogP contribution in [0.2, 0.25) is 0 Å². The molecular formula is C6H5NO2. The van der Waals surface area contributed by atoms with E-state index in [1.54, 1.807) is 0 Å². The molecule has 0 saturated heterocycles. The van der Waals surface area contributed by atoms with Gasteiger partial charge in [-0.2, -0.15) is 5.26 Å². The van der Waals surface area contributed by atoms with E-state index in [1.165, 1.54) is 0 Å². The summed E-state index contributed by atoms with van der Waals surface area (Å²) in [5, 5.41) is 15.9. The summed E-state index contributed by atoms with van der Waals surface area (Å²) in [6, 6.07) is 1.85. The van der Waals surface area contributed by atoms with Crippen LogP contribution in [0.25, 0.3) is 0 Å². The second-order valence-corrected chi connectivity index (χ2v) is 1.27. The molecular weight excluding hydrogens is 118 g/mol. The number of nitrogens with zero attached hydrogens (tertiary/aromatic N) is 1. The molecule has 0 aromatic carbocycles. The van der Waals surface area contributed by atoms with E-state index in [9.17, 15) is 4.79 Å². The van der Waals surface area contributed by atoms with Gasteiger partial charge in [0.05, 0.1) is 6.07 Å². The van der Waals surface area contributed by atoms with Gasteiger partial charge < -0.3 is 5.11 Å². The third-order valence-corrected chi connectivity index (χ3v) is 0.557. The third-order valence-electron chi connectivity index (χ3n) is 0.557. The highest BCUT2D eigenvalue weighted by Gasteiger charge is 1.81. The van der Waals surface area contributed by atoms with Gasteiger partial charge in [-0.3, -0.25) is 0 Å². The highest BCUT2D eigenvalue weighted by Crippen LogP contribution is 1.80. The van der Waals surface area contributed by atoms with Gasteiger partial charge in [0.2, 0.25) is 0 Å². The predicted octanol–water partition coefficient (Wildman–Crippen LogP) is 0.378. The summed E-state index contributed by atoms with van der Waals surface area (Å²) in [6.45, 7) is 0. The summed E-state index contributed by atoms with van der Waals surface area (Å²) in [5.74, 6) is 3.06. The number of carbonyl (C=O) groups is 1. The van der Waals surface area contributed by atoms with Gasteiger partial charge in [0.1, 0.15) is 0 Å². The molecule has 46 valence electrons. The summed E-state index contributed by atoms with van der Waals surface area (Å²) < 4.78 is 0. The van der Waals surface area contributed by atoms with Crippen molar-refractivity contribution < 1.29 is 9.90 Å². The highest BCUT2D eigenvalue weighted by molar-refractivity contribution is 5.86. The van der Waals surface area contributed by atoms with Crippen molar-refractivity contribution in [2.75, 3.05) is 0 Å². The number of rotatable bonds is 1. The number of hydrogen-bond acceptors (Lipinski definition) is 2. The Bertz CT molecular complexity index is 191. The Kier molecular flexibility index (Phi) is 3.90. The third kappa shape index (κ3) is 6.52. The predicted molar refractivity (Wildman–Crippen MR) is 30.3 cm³/mol. The van der Waals surface area contributed by atoms with Gasteiger partial charge in [-0.25, -0.2) is 4.79 Å². The second kappa shape index (κ2) is 4.67. The fraction of sp³-hybridized carbons (Fsp3) is 0.333. The molecule has 3 nitrogen and oxygen atoms in total. The summed E-state index contributed by atoms with van der Waals surface area (Å²) in [5.41, 5.74) is 0. The van der Waals surface area contributed by atoms with Gasteiger partial charge in [0, 0.05) is 18.8 Å². The van der Waals surface area contributed by atoms with Gasteiger partial charge >= 0.3 is 5.97 Å². The Morgan fingerprint density at radius 2 is 2.22 bits per heavy atom. The fourth-order valence-corrected chi connectivity index (χ4v) is 0.257. The van der Waals surface area contributed by atoms with Crippen LogP contribution in [0, 0.1) is 23.2 Å². The number of unbranched alkanes of at least 4 members (excludes halogenated alkanes) is 1. The number of carboxylic acid groups (broad SMARTS) is 1. The van der Waals surface area contributed by atoms with Crippen LogP contribution in [0.4, 0.5) is 0 Å². The first-order valence-electron chi connectivity index (χ1n) is 2.36. The lowest BCUT2D eigenvalue weighted by Crippen LogP contribution is -1.85. The quantitative estimate of drug-likeness (QED) is 0.405. The van der Waals surface area contributed by atoms with Crippen LogP contribution in [0.5, 0.6) is 0 Å². The van der Waals surface area contributed by atoms with E-state index in [2.05, 4.69) is 5.92 Å². The van der Waals surface area contributed by atoms with Crippen molar-refractivity contribution in [1.29, 1.82) is 5.26 Å². The van der Waals surface area contributed by atoms with Crippen molar-refractivity contribution in [1.82, 2.24) is 0 Å². The van der Waals surface area contributed by atoms with E-state index >= 15 is 0 Å². The largest absolute Gasteiger partial charge is 0.472 e. The van der Waals surface area contributed by atoms with E-state index in [0.717, 1.165) is 0 Å². The highest BCUT2D eigenvalue weighted by atomic mass is 16.4. The molecule has 0 aliphatic heterocycles. The average molecular weight is 123 g/mol. The van der Waals surface area contributed by atoms with Gasteiger partial charge in [0.15, 0.2) is 0 Å². The van der Waals surface area contributed by atoms with Crippen LogP contribution in [-0.4, -0.2) is 11.1 Å². The van der Waals surface area contributed by atoms with E-state index in [-0.39, 0.29) is 0 Å². The molecule has 0 unspecified atom stereocenters. The van der Waals surface area contributed by atoms with Crippen molar-refractivity contribution in [3.8, 4) is 17.9 Å². The van der Waals surface area contributed by atoms with Gasteiger partial charge in [-0.05, 0) is 0 Å². The Hall–Kier alpha value is -1.48. The molecule has 0 atom stereocenters. The van der Waals surface area contributed by atoms with Gasteiger partial charge in [0.25, 0.3) is 0 Å². The standard InChI is InChI=1S/C6H5NO2/c7-5-3-1-2-4-6(8)9/h1,3H2,(H,8,9). The van der Waals surface area contributed by atoms with E-state index in [0.29, 0.717) is 12.8 Å². The minimum Gasteiger partial charge on any atom is -0.472 e. The number of carboxylic acids is 1. The molecule has 0 saturated carbocycles. The lowest BCUT2D eigenvalue weighted by Gasteiger charge is -1.72. The van der Waals surface area contributed by atoms with Crippen molar-refractivity contribution in [2.45, 2.75) is 12.8 Å². The molecule has 3 heteroatoms. The normalized spacial score (nSPS) is 6.56. The van der Waals surface area contributed by atoms with Crippen LogP contribution in [0.3, 0.4) is 0 Å². The number of nitriles is 1. The lowest BCUT2D eigenvalue weighted by molar-refractivity contribution is -0.130. The average Bonchev–Trinajstić information content (AvgIpc) is 1.80. The molecule has 0 heterocycles. The van der Waals surface area contributed by atoms with Gasteiger partial charge in [-0.1, -0.05) is 5.92 Å². The maximum atomic E-state index is 9.71. The molecule has 0 aromatic rings. The molecule has 0 aliphatic carbocycles. The Morgan fingerprint density at radius 3 is 2.67 bits per heavy atom. The zero-order valence-corrected chi connectivity index (χ0v) is 4.72. The lowest BCUT2D eigenvalue weighted by atomic mass is 10.3. The molecule has 0 radical (unpaired) electrons. The Balaban J connectivity index is 3.41. The van der Waals surface area contributed by atoms with Crippen LogP contribution in [0.1, 0.15) is 12.8 Å². The maximum Gasteiger partial charge on any atom is 0.381 e. The first kappa shape index (κ1) is 7.52. The first-order valence-corrected chi connectivity index (χ1v) is 2.36. The van der Waals surface area contributed by atoms with Crippen molar-refractivity contribution in [2.24, 2.45) is 0 Å². The minimum absolute atomic E-state index is 0.292. The topological polar surface area (TPSA) is 61.1 Å². The molecule has 0 amide bonds. The second-order valence-electron chi connectivity index (χ2n) is 1.27. The maximum absolute atomic E-state index is 9.71. The molecule has 0 spiro atoms. The van der Waals surface area contributed by atoms with E-state index < -0.39 is 5.97 Å². The summed E-state index contributed by atoms with van der Waals surface area (Å²) in [4.78, 5) is 9.71. The zero-order chi connectivity index (χ0) is 7.11. The van der Waals surface area contributed by atoms with Crippen molar-refractivity contribution in [3.63, 3.8) is 0 Å². The number of hydrogen-bond donors (Lipinski definition) is 1. The molecule has 0 aliphatic rings. The first-order chi connectivity index (χ1) is 4.27. The van der Waals surface area contributed by atoms with Crippen LogP contribution >= 0.6 is 0 Å². The van der Waals surface area contributed by atoms with Crippen molar-refractivity contribution >= 4 is 5.97 Å². The van der Waals surface area contributed by atoms with E-state index in [4.69, 9.17) is 10.4 Å². The van der Waals surface area contributed by atoms with E-state index in [1.807, 2.05) is 12.0 Å². The summed E-state index contributed by atoms with van der Waals surface area (Å²) >= 11 is 0. The van der Waals surface area contributed by atoms with Gasteiger partial charge in [-0.15, -0.1) is 0 Å². The zero-order valence-electron chi connectivity index (χ0n) is 4.72. The minimum atomic E-state index is -1.15. The van der Waals surface area contributed by atoms with Crippen LogP contribution in [-0.2, 0) is 4.79 Å². The smallest absolute Gasteiger partial charge is 0.381 e. The van der Waals surface area contributed by atoms with Crippen LogP contribution < -0.4 is 0 Å². The van der Waals surface area contributed by atoms with Crippen LogP contribution in [0.15, 0.2) is 0 Å². The molecule has 0 bridgehead atoms. The summed E-state index contributed by atoms with van der Waals surface area (Å²) in [6.07, 6.45) is 0.628. The molecule has 0 fully saturated rings. The molecule has 0 rings (SSSR count). The molecule has 9 heavy (non-hydrogen) atoms. The SMILES string of the molecule is N#CCCC#CC(=O)O. The number of aliphatic carboxylic acids is 1. The summed E-state index contributed by atoms with van der Waals surface area (Å²) in [7, 11) is 0. The van der Waals surface area contributed by atoms with Crippen molar-refractivity contribution in [3.05, 3.63) is 0 Å². The Morgan fingerprint density at radius 1 is 1.56 bits per heavy atom. The fourth-order valence-electron chi connectivity index (χ4n) is 0.257. The molecule has 1 N–H and O–H groups in total. The Labute approximate surface area is 52.9 Å². The molecule has 0 aromatic heterocycles. The monoisotopic (exact) mass is 123 g/mol.